The van der Waals surface area contributed by atoms with E-state index in [4.69, 9.17) is 5.11 Å². The van der Waals surface area contributed by atoms with Crippen LogP contribution in [0.25, 0.3) is 0 Å². The van der Waals surface area contributed by atoms with Crippen LogP contribution in [0.4, 0.5) is 0 Å². The standard InChI is InChI=1S/C7H12O4.C4H10/c1-2-3-4-11-7(10)5-6(8)9;1-3-4-2/h2-5H2,1H3,(H,8,9);3-4H2,1-2H3. The Labute approximate surface area is 91.6 Å². The van der Waals surface area contributed by atoms with Gasteiger partial charge in [0.1, 0.15) is 6.42 Å². The topological polar surface area (TPSA) is 63.6 Å². The molecule has 0 aliphatic rings. The molecule has 0 saturated carbocycles. The molecular formula is C11H22O4. The molecule has 4 heteroatoms. The number of esters is 1. The van der Waals surface area contributed by atoms with E-state index in [1.54, 1.807) is 0 Å². The van der Waals surface area contributed by atoms with Gasteiger partial charge in [-0.25, -0.2) is 0 Å². The van der Waals surface area contributed by atoms with E-state index in [1.165, 1.54) is 12.8 Å². The number of rotatable bonds is 6. The van der Waals surface area contributed by atoms with E-state index in [9.17, 15) is 9.59 Å². The molecule has 15 heavy (non-hydrogen) atoms. The van der Waals surface area contributed by atoms with Crippen LogP contribution in [0.1, 0.15) is 52.9 Å². The van der Waals surface area contributed by atoms with Crippen LogP contribution in [0.3, 0.4) is 0 Å². The van der Waals surface area contributed by atoms with Crippen LogP contribution < -0.4 is 0 Å². The lowest BCUT2D eigenvalue weighted by molar-refractivity contribution is -0.151. The van der Waals surface area contributed by atoms with Gasteiger partial charge in [0.2, 0.25) is 0 Å². The average Bonchev–Trinajstić information content (AvgIpc) is 2.17. The molecule has 0 aromatic carbocycles. The minimum atomic E-state index is -1.15. The van der Waals surface area contributed by atoms with E-state index in [2.05, 4.69) is 18.6 Å². The molecule has 0 heterocycles. The molecule has 0 atom stereocenters. The molecular weight excluding hydrogens is 196 g/mol. The predicted octanol–water partition coefficient (Wildman–Crippen LogP) is 2.61. The number of carbonyl (C=O) groups is 2. The highest BCUT2D eigenvalue weighted by atomic mass is 16.5. The number of carboxylic acid groups (broad SMARTS) is 1. The monoisotopic (exact) mass is 218 g/mol. The lowest BCUT2D eigenvalue weighted by atomic mass is 10.3. The number of hydrogen-bond acceptors (Lipinski definition) is 3. The smallest absolute Gasteiger partial charge is 0.317 e. The fraction of sp³-hybridized carbons (Fsp3) is 0.818. The van der Waals surface area contributed by atoms with E-state index in [1.807, 2.05) is 6.92 Å². The normalized spacial score (nSPS) is 8.73. The van der Waals surface area contributed by atoms with Gasteiger partial charge in [-0.2, -0.15) is 0 Å². The Balaban J connectivity index is 0. The van der Waals surface area contributed by atoms with Crippen molar-refractivity contribution in [2.24, 2.45) is 0 Å². The highest BCUT2D eigenvalue weighted by molar-refractivity contribution is 5.90. The molecule has 0 saturated heterocycles. The fourth-order valence-corrected chi connectivity index (χ4v) is 0.505. The van der Waals surface area contributed by atoms with Crippen LogP contribution in [0.5, 0.6) is 0 Å². The number of carboxylic acids is 1. The van der Waals surface area contributed by atoms with Crippen molar-refractivity contribution in [2.45, 2.75) is 52.9 Å². The van der Waals surface area contributed by atoms with Gasteiger partial charge in [-0.05, 0) is 6.42 Å². The van der Waals surface area contributed by atoms with Gasteiger partial charge < -0.3 is 9.84 Å². The number of ether oxygens (including phenoxy) is 1. The Morgan fingerprint density at radius 1 is 1.07 bits per heavy atom. The van der Waals surface area contributed by atoms with E-state index >= 15 is 0 Å². The van der Waals surface area contributed by atoms with Gasteiger partial charge in [-0.3, -0.25) is 9.59 Å². The van der Waals surface area contributed by atoms with Gasteiger partial charge in [-0.1, -0.05) is 40.0 Å². The van der Waals surface area contributed by atoms with E-state index in [0.717, 1.165) is 12.8 Å². The quantitative estimate of drug-likeness (QED) is 0.423. The molecule has 90 valence electrons. The van der Waals surface area contributed by atoms with Gasteiger partial charge in [0.25, 0.3) is 0 Å². The minimum absolute atomic E-state index is 0.322. The third kappa shape index (κ3) is 19.4. The van der Waals surface area contributed by atoms with Crippen LogP contribution in [0.15, 0.2) is 0 Å². The van der Waals surface area contributed by atoms with Crippen molar-refractivity contribution in [3.8, 4) is 0 Å². The number of aliphatic carboxylic acids is 1. The second kappa shape index (κ2) is 12.9. The summed E-state index contributed by atoms with van der Waals surface area (Å²) in [6.45, 7) is 6.65. The van der Waals surface area contributed by atoms with E-state index in [0.29, 0.717) is 6.61 Å². The molecule has 0 aromatic heterocycles. The van der Waals surface area contributed by atoms with Gasteiger partial charge >= 0.3 is 11.9 Å². The fourth-order valence-electron chi connectivity index (χ4n) is 0.505. The number of hydrogen-bond donors (Lipinski definition) is 1. The molecule has 0 fully saturated rings. The van der Waals surface area contributed by atoms with Gasteiger partial charge in [-0.15, -0.1) is 0 Å². The molecule has 0 aliphatic heterocycles. The Kier molecular flexibility index (Phi) is 14.1. The van der Waals surface area contributed by atoms with Crippen molar-refractivity contribution in [1.82, 2.24) is 0 Å². The highest BCUT2D eigenvalue weighted by Gasteiger charge is 2.07. The van der Waals surface area contributed by atoms with Gasteiger partial charge in [0.15, 0.2) is 0 Å². The summed E-state index contributed by atoms with van der Waals surface area (Å²) in [6, 6.07) is 0. The Morgan fingerprint density at radius 2 is 1.60 bits per heavy atom. The maximum atomic E-state index is 10.5. The van der Waals surface area contributed by atoms with Crippen molar-refractivity contribution < 1.29 is 19.4 Å². The van der Waals surface area contributed by atoms with Crippen LogP contribution in [0, 0.1) is 0 Å². The summed E-state index contributed by atoms with van der Waals surface area (Å²) in [5.41, 5.74) is 0. The summed E-state index contributed by atoms with van der Waals surface area (Å²) in [6.07, 6.45) is 3.81. The summed E-state index contributed by atoms with van der Waals surface area (Å²) in [7, 11) is 0. The molecule has 0 bridgehead atoms. The van der Waals surface area contributed by atoms with Crippen molar-refractivity contribution in [1.29, 1.82) is 0 Å². The van der Waals surface area contributed by atoms with Crippen LogP contribution in [-0.4, -0.2) is 23.7 Å². The largest absolute Gasteiger partial charge is 0.481 e. The molecule has 1 N–H and O–H groups in total. The summed E-state index contributed by atoms with van der Waals surface area (Å²) in [5.74, 6) is -1.81. The first-order chi connectivity index (χ1) is 7.08. The van der Waals surface area contributed by atoms with E-state index in [-0.39, 0.29) is 0 Å². The molecule has 0 rings (SSSR count). The second-order valence-electron chi connectivity index (χ2n) is 3.14. The highest BCUT2D eigenvalue weighted by Crippen LogP contribution is 1.91. The molecule has 4 nitrogen and oxygen atoms in total. The van der Waals surface area contributed by atoms with Crippen molar-refractivity contribution >= 4 is 11.9 Å². The van der Waals surface area contributed by atoms with Gasteiger partial charge in [0.05, 0.1) is 6.61 Å². The molecule has 0 unspecified atom stereocenters. The zero-order valence-electron chi connectivity index (χ0n) is 9.91. The average molecular weight is 218 g/mol. The van der Waals surface area contributed by atoms with E-state index < -0.39 is 18.4 Å². The maximum absolute atomic E-state index is 10.5. The van der Waals surface area contributed by atoms with Crippen molar-refractivity contribution in [3.05, 3.63) is 0 Å². The third-order valence-electron chi connectivity index (χ3n) is 1.56. The summed E-state index contributed by atoms with van der Waals surface area (Å²) in [5, 5.41) is 8.14. The minimum Gasteiger partial charge on any atom is -0.481 e. The first-order valence-electron chi connectivity index (χ1n) is 5.45. The zero-order chi connectivity index (χ0) is 12.1. The predicted molar refractivity (Wildman–Crippen MR) is 58.7 cm³/mol. The summed E-state index contributed by atoms with van der Waals surface area (Å²) >= 11 is 0. The number of unbranched alkanes of at least 4 members (excludes halogenated alkanes) is 2. The molecule has 0 amide bonds. The maximum Gasteiger partial charge on any atom is 0.317 e. The second-order valence-corrected chi connectivity index (χ2v) is 3.14. The lowest BCUT2D eigenvalue weighted by Crippen LogP contribution is -2.10. The Bertz CT molecular complexity index is 164. The first-order valence-corrected chi connectivity index (χ1v) is 5.45. The van der Waals surface area contributed by atoms with Crippen LogP contribution in [-0.2, 0) is 14.3 Å². The summed E-state index contributed by atoms with van der Waals surface area (Å²) in [4.78, 5) is 20.5. The number of carbonyl (C=O) groups excluding carboxylic acids is 1. The Hall–Kier alpha value is -1.06. The molecule has 0 aromatic rings. The van der Waals surface area contributed by atoms with Crippen molar-refractivity contribution in [2.75, 3.05) is 6.61 Å². The third-order valence-corrected chi connectivity index (χ3v) is 1.56. The van der Waals surface area contributed by atoms with Crippen LogP contribution >= 0.6 is 0 Å². The molecule has 0 aliphatic carbocycles. The van der Waals surface area contributed by atoms with Crippen molar-refractivity contribution in [3.63, 3.8) is 0 Å². The zero-order valence-corrected chi connectivity index (χ0v) is 9.91. The van der Waals surface area contributed by atoms with Crippen LogP contribution in [0.2, 0.25) is 0 Å². The first kappa shape index (κ1) is 16.4. The van der Waals surface area contributed by atoms with Gasteiger partial charge in [0, 0.05) is 0 Å². The lowest BCUT2D eigenvalue weighted by Gasteiger charge is -1.99. The molecule has 0 spiro atoms. The Morgan fingerprint density at radius 3 is 1.93 bits per heavy atom. The summed E-state index contributed by atoms with van der Waals surface area (Å²) < 4.78 is 4.57. The SMILES string of the molecule is CCCC.CCCCOC(=O)CC(=O)O. The molecule has 0 radical (unpaired) electrons.